The quantitative estimate of drug-likeness (QED) is 0.846. The number of nitrogens with zero attached hydrogens (tertiary/aromatic N) is 1. The third-order valence-corrected chi connectivity index (χ3v) is 3.35. The molecule has 1 aromatic carbocycles. The van der Waals surface area contributed by atoms with Crippen LogP contribution in [0.2, 0.25) is 0 Å². The van der Waals surface area contributed by atoms with E-state index in [9.17, 15) is 4.79 Å². The number of ether oxygens (including phenoxy) is 1. The first-order valence-electron chi connectivity index (χ1n) is 6.82. The van der Waals surface area contributed by atoms with Gasteiger partial charge in [-0.1, -0.05) is 12.1 Å². The van der Waals surface area contributed by atoms with Crippen LogP contribution >= 0.6 is 0 Å². The van der Waals surface area contributed by atoms with Gasteiger partial charge in [0.2, 0.25) is 5.91 Å². The largest absolute Gasteiger partial charge is 0.399 e. The van der Waals surface area contributed by atoms with E-state index in [1.54, 1.807) is 0 Å². The number of morpholine rings is 1. The van der Waals surface area contributed by atoms with E-state index in [1.807, 2.05) is 43.0 Å². The molecule has 0 spiro atoms. The molecule has 1 saturated heterocycles. The van der Waals surface area contributed by atoms with Gasteiger partial charge in [0.25, 0.3) is 0 Å². The van der Waals surface area contributed by atoms with Crippen LogP contribution in [0.4, 0.5) is 5.69 Å². The van der Waals surface area contributed by atoms with E-state index in [-0.39, 0.29) is 18.1 Å². The van der Waals surface area contributed by atoms with E-state index < -0.39 is 0 Å². The van der Waals surface area contributed by atoms with Crippen molar-refractivity contribution in [1.29, 1.82) is 0 Å². The van der Waals surface area contributed by atoms with E-state index in [4.69, 9.17) is 10.5 Å². The second-order valence-corrected chi connectivity index (χ2v) is 5.30. The molecule has 2 atom stereocenters. The lowest BCUT2D eigenvalue weighted by molar-refractivity contribution is -0.143. The molecule has 0 bridgehead atoms. The van der Waals surface area contributed by atoms with Crippen LogP contribution in [-0.4, -0.2) is 36.1 Å². The normalized spacial score (nSPS) is 23.4. The van der Waals surface area contributed by atoms with Crippen LogP contribution in [0.25, 0.3) is 0 Å². The molecule has 0 aromatic heterocycles. The number of nitrogen functional groups attached to an aromatic ring is 1. The molecule has 0 saturated carbocycles. The van der Waals surface area contributed by atoms with E-state index in [0.29, 0.717) is 19.5 Å². The Morgan fingerprint density at radius 3 is 2.68 bits per heavy atom. The molecule has 2 unspecified atom stereocenters. The van der Waals surface area contributed by atoms with Crippen molar-refractivity contribution in [2.45, 2.75) is 38.9 Å². The molecule has 4 nitrogen and oxygen atoms in total. The Kier molecular flexibility index (Phi) is 4.43. The van der Waals surface area contributed by atoms with Gasteiger partial charge in [-0.25, -0.2) is 0 Å². The number of anilines is 1. The molecule has 19 heavy (non-hydrogen) atoms. The first-order chi connectivity index (χ1) is 9.04. The van der Waals surface area contributed by atoms with E-state index >= 15 is 0 Å². The second kappa shape index (κ2) is 6.06. The number of carbonyl (C=O) groups is 1. The molecule has 1 amide bonds. The second-order valence-electron chi connectivity index (χ2n) is 5.30. The highest BCUT2D eigenvalue weighted by Gasteiger charge is 2.25. The monoisotopic (exact) mass is 262 g/mol. The third-order valence-electron chi connectivity index (χ3n) is 3.35. The summed E-state index contributed by atoms with van der Waals surface area (Å²) in [7, 11) is 0. The van der Waals surface area contributed by atoms with Gasteiger partial charge in [-0.05, 0) is 38.0 Å². The summed E-state index contributed by atoms with van der Waals surface area (Å²) in [6.45, 7) is 5.40. The van der Waals surface area contributed by atoms with Crippen LogP contribution in [0.3, 0.4) is 0 Å². The Labute approximate surface area is 114 Å². The highest BCUT2D eigenvalue weighted by Crippen LogP contribution is 2.14. The van der Waals surface area contributed by atoms with Crippen LogP contribution in [0.15, 0.2) is 24.3 Å². The molecule has 2 N–H and O–H groups in total. The lowest BCUT2D eigenvalue weighted by Crippen LogP contribution is -2.48. The first-order valence-corrected chi connectivity index (χ1v) is 6.82. The van der Waals surface area contributed by atoms with Crippen molar-refractivity contribution in [2.24, 2.45) is 0 Å². The number of amides is 1. The smallest absolute Gasteiger partial charge is 0.223 e. The molecule has 0 radical (unpaired) electrons. The highest BCUT2D eigenvalue weighted by atomic mass is 16.5. The van der Waals surface area contributed by atoms with Gasteiger partial charge in [0.15, 0.2) is 0 Å². The highest BCUT2D eigenvalue weighted by molar-refractivity contribution is 5.76. The number of aryl methyl sites for hydroxylation is 1. The Morgan fingerprint density at radius 1 is 1.37 bits per heavy atom. The van der Waals surface area contributed by atoms with Crippen molar-refractivity contribution in [3.63, 3.8) is 0 Å². The zero-order chi connectivity index (χ0) is 13.8. The molecular formula is C15H22N2O2. The molecule has 1 heterocycles. The average molecular weight is 262 g/mol. The number of benzene rings is 1. The van der Waals surface area contributed by atoms with Gasteiger partial charge in [-0.2, -0.15) is 0 Å². The maximum absolute atomic E-state index is 12.2. The maximum atomic E-state index is 12.2. The minimum absolute atomic E-state index is 0.125. The van der Waals surface area contributed by atoms with Gasteiger partial charge in [-0.3, -0.25) is 4.79 Å². The zero-order valence-electron chi connectivity index (χ0n) is 11.6. The molecule has 1 fully saturated rings. The standard InChI is InChI=1S/C15H22N2O2/c1-11-9-17(10-12(2)19-11)15(18)7-6-13-4-3-5-14(16)8-13/h3-5,8,11-12H,6-7,9-10,16H2,1-2H3. The fourth-order valence-electron chi connectivity index (χ4n) is 2.54. The molecule has 1 aliphatic rings. The summed E-state index contributed by atoms with van der Waals surface area (Å²) in [6, 6.07) is 7.72. The molecule has 1 aliphatic heterocycles. The number of hydrogen-bond acceptors (Lipinski definition) is 3. The fraction of sp³-hybridized carbons (Fsp3) is 0.533. The summed E-state index contributed by atoms with van der Waals surface area (Å²) in [5.41, 5.74) is 7.59. The number of nitrogens with two attached hydrogens (primary N) is 1. The van der Waals surface area contributed by atoms with Gasteiger partial charge in [0.1, 0.15) is 0 Å². The van der Waals surface area contributed by atoms with Crippen LogP contribution in [0.1, 0.15) is 25.8 Å². The summed E-state index contributed by atoms with van der Waals surface area (Å²) in [5.74, 6) is 0.199. The first kappa shape index (κ1) is 13.9. The van der Waals surface area contributed by atoms with Crippen LogP contribution in [0, 0.1) is 0 Å². The Morgan fingerprint density at radius 2 is 2.05 bits per heavy atom. The topological polar surface area (TPSA) is 55.6 Å². The summed E-state index contributed by atoms with van der Waals surface area (Å²) in [4.78, 5) is 14.1. The Bertz CT molecular complexity index is 438. The van der Waals surface area contributed by atoms with Gasteiger partial charge in [-0.15, -0.1) is 0 Å². The van der Waals surface area contributed by atoms with E-state index in [0.717, 1.165) is 17.7 Å². The number of rotatable bonds is 3. The summed E-state index contributed by atoms with van der Waals surface area (Å²) in [5, 5.41) is 0. The van der Waals surface area contributed by atoms with Crippen molar-refractivity contribution in [1.82, 2.24) is 4.90 Å². The molecule has 104 valence electrons. The van der Waals surface area contributed by atoms with E-state index in [2.05, 4.69) is 0 Å². The Balaban J connectivity index is 1.87. The number of hydrogen-bond donors (Lipinski definition) is 1. The third kappa shape index (κ3) is 3.96. The predicted octanol–water partition coefficient (Wildman–Crippen LogP) is 1.84. The van der Waals surface area contributed by atoms with Crippen molar-refractivity contribution in [2.75, 3.05) is 18.8 Å². The predicted molar refractivity (Wildman–Crippen MR) is 75.8 cm³/mol. The average Bonchev–Trinajstić information content (AvgIpc) is 2.35. The van der Waals surface area contributed by atoms with Crippen molar-refractivity contribution in [3.05, 3.63) is 29.8 Å². The van der Waals surface area contributed by atoms with Gasteiger partial charge in [0.05, 0.1) is 12.2 Å². The van der Waals surface area contributed by atoms with Crippen LogP contribution in [-0.2, 0) is 16.0 Å². The van der Waals surface area contributed by atoms with Gasteiger partial charge >= 0.3 is 0 Å². The zero-order valence-corrected chi connectivity index (χ0v) is 11.6. The maximum Gasteiger partial charge on any atom is 0.223 e. The van der Waals surface area contributed by atoms with Gasteiger partial charge in [0, 0.05) is 25.2 Å². The summed E-state index contributed by atoms with van der Waals surface area (Å²) < 4.78 is 5.63. The number of carbonyl (C=O) groups excluding carboxylic acids is 1. The van der Waals surface area contributed by atoms with E-state index in [1.165, 1.54) is 0 Å². The van der Waals surface area contributed by atoms with Crippen LogP contribution < -0.4 is 5.73 Å². The fourth-order valence-corrected chi connectivity index (χ4v) is 2.54. The Hall–Kier alpha value is -1.55. The van der Waals surface area contributed by atoms with Crippen molar-refractivity contribution >= 4 is 11.6 Å². The SMILES string of the molecule is CC1CN(C(=O)CCc2cccc(N)c2)CC(C)O1. The van der Waals surface area contributed by atoms with Crippen LogP contribution in [0.5, 0.6) is 0 Å². The van der Waals surface area contributed by atoms with Crippen molar-refractivity contribution < 1.29 is 9.53 Å². The molecule has 0 aliphatic carbocycles. The lowest BCUT2D eigenvalue weighted by Gasteiger charge is -2.35. The minimum atomic E-state index is 0.125. The minimum Gasteiger partial charge on any atom is -0.399 e. The van der Waals surface area contributed by atoms with Crippen molar-refractivity contribution in [3.8, 4) is 0 Å². The molecule has 4 heteroatoms. The molecule has 2 rings (SSSR count). The molecular weight excluding hydrogens is 240 g/mol. The summed E-state index contributed by atoms with van der Waals surface area (Å²) >= 11 is 0. The summed E-state index contributed by atoms with van der Waals surface area (Å²) in [6.07, 6.45) is 1.52. The van der Waals surface area contributed by atoms with Gasteiger partial charge < -0.3 is 15.4 Å². The molecule has 1 aromatic rings. The lowest BCUT2D eigenvalue weighted by atomic mass is 10.1.